The molecule has 2 aromatic carbocycles. The molecular formula is C24H25N3OS. The van der Waals surface area contributed by atoms with E-state index >= 15 is 0 Å². The summed E-state index contributed by atoms with van der Waals surface area (Å²) in [5, 5.41) is 9.87. The van der Waals surface area contributed by atoms with Crippen LogP contribution in [0.4, 0.5) is 0 Å². The van der Waals surface area contributed by atoms with Crippen molar-refractivity contribution in [1.82, 2.24) is 15.6 Å². The van der Waals surface area contributed by atoms with E-state index in [9.17, 15) is 4.79 Å². The fourth-order valence-electron chi connectivity index (χ4n) is 3.55. The third-order valence-electron chi connectivity index (χ3n) is 5.18. The Morgan fingerprint density at radius 1 is 1.03 bits per heavy atom. The highest BCUT2D eigenvalue weighted by Gasteiger charge is 2.22. The first-order chi connectivity index (χ1) is 14.2. The van der Waals surface area contributed by atoms with E-state index in [0.29, 0.717) is 13.0 Å². The average Bonchev–Trinajstić information content (AvgIpc) is 3.41. The number of amides is 1. The lowest BCUT2D eigenvalue weighted by atomic mass is 10.0. The van der Waals surface area contributed by atoms with Crippen molar-refractivity contribution in [2.75, 3.05) is 0 Å². The Morgan fingerprint density at radius 2 is 1.83 bits per heavy atom. The monoisotopic (exact) mass is 403 g/mol. The Bertz CT molecular complexity index is 1060. The summed E-state index contributed by atoms with van der Waals surface area (Å²) in [6, 6.07) is 22.0. The van der Waals surface area contributed by atoms with Crippen LogP contribution in [0.25, 0.3) is 10.9 Å². The number of fused-ring (bicyclic) bond motifs is 1. The molecule has 0 saturated heterocycles. The number of benzene rings is 2. The number of H-pyrrole nitrogens is 1. The Kier molecular flexibility index (Phi) is 6.08. The van der Waals surface area contributed by atoms with Crippen LogP contribution in [0.3, 0.4) is 0 Å². The second-order valence-corrected chi connectivity index (χ2v) is 8.25. The largest absolute Gasteiger partial charge is 0.361 e. The number of aromatic amines is 1. The molecule has 29 heavy (non-hydrogen) atoms. The van der Waals surface area contributed by atoms with Gasteiger partial charge in [-0.3, -0.25) is 4.79 Å². The van der Waals surface area contributed by atoms with Gasteiger partial charge < -0.3 is 15.6 Å². The summed E-state index contributed by atoms with van der Waals surface area (Å²) in [5.74, 6) is 0.0168. The molecule has 2 heterocycles. The number of hydrogen-bond acceptors (Lipinski definition) is 3. The summed E-state index contributed by atoms with van der Waals surface area (Å²) >= 11 is 1.70. The summed E-state index contributed by atoms with van der Waals surface area (Å²) in [4.78, 5) is 17.7. The number of para-hydroxylation sites is 1. The minimum Gasteiger partial charge on any atom is -0.361 e. The van der Waals surface area contributed by atoms with E-state index in [-0.39, 0.29) is 18.0 Å². The summed E-state index contributed by atoms with van der Waals surface area (Å²) in [6.45, 7) is 2.70. The molecule has 0 aliphatic rings. The number of rotatable bonds is 8. The Hall–Kier alpha value is -2.89. The number of nitrogens with one attached hydrogen (secondary N) is 3. The highest BCUT2D eigenvalue weighted by molar-refractivity contribution is 7.09. The fraction of sp³-hybridized carbons (Fsp3) is 0.208. The first-order valence-corrected chi connectivity index (χ1v) is 10.7. The molecule has 148 valence electrons. The molecule has 0 fully saturated rings. The van der Waals surface area contributed by atoms with Gasteiger partial charge in [0, 0.05) is 28.5 Å². The van der Waals surface area contributed by atoms with Crippen molar-refractivity contribution in [1.29, 1.82) is 0 Å². The van der Waals surface area contributed by atoms with Crippen LogP contribution < -0.4 is 10.6 Å². The highest BCUT2D eigenvalue weighted by atomic mass is 32.1. The minimum absolute atomic E-state index is 0.0168. The average molecular weight is 404 g/mol. The molecule has 0 bridgehead atoms. The maximum atomic E-state index is 13.2. The molecule has 0 spiro atoms. The predicted octanol–water partition coefficient (Wildman–Crippen LogP) is 4.81. The molecule has 4 nitrogen and oxygen atoms in total. The zero-order chi connectivity index (χ0) is 20.1. The zero-order valence-corrected chi connectivity index (χ0v) is 17.2. The quantitative estimate of drug-likeness (QED) is 0.395. The van der Waals surface area contributed by atoms with Crippen LogP contribution in [-0.4, -0.2) is 16.9 Å². The summed E-state index contributed by atoms with van der Waals surface area (Å²) in [6.07, 6.45) is 2.64. The molecule has 0 aliphatic heterocycles. The van der Waals surface area contributed by atoms with Crippen LogP contribution in [0, 0.1) is 0 Å². The van der Waals surface area contributed by atoms with Crippen molar-refractivity contribution in [2.45, 2.75) is 32.0 Å². The van der Waals surface area contributed by atoms with E-state index in [0.717, 1.165) is 16.6 Å². The zero-order valence-electron chi connectivity index (χ0n) is 16.4. The lowest BCUT2D eigenvalue weighted by molar-refractivity contribution is -0.123. The first kappa shape index (κ1) is 19.4. The summed E-state index contributed by atoms with van der Waals surface area (Å²) in [7, 11) is 0. The molecule has 0 saturated carbocycles. The second kappa shape index (κ2) is 9.07. The van der Waals surface area contributed by atoms with Crippen LogP contribution in [0.1, 0.15) is 29.0 Å². The van der Waals surface area contributed by atoms with Crippen LogP contribution in [0.15, 0.2) is 78.3 Å². The second-order valence-electron chi connectivity index (χ2n) is 7.22. The van der Waals surface area contributed by atoms with E-state index < -0.39 is 0 Å². The van der Waals surface area contributed by atoms with Gasteiger partial charge in [0.1, 0.15) is 0 Å². The predicted molar refractivity (Wildman–Crippen MR) is 120 cm³/mol. The molecule has 0 radical (unpaired) electrons. The summed E-state index contributed by atoms with van der Waals surface area (Å²) < 4.78 is 0. The van der Waals surface area contributed by atoms with E-state index in [4.69, 9.17) is 0 Å². The Labute approximate surface area is 175 Å². The third kappa shape index (κ3) is 4.75. The van der Waals surface area contributed by atoms with Crippen molar-refractivity contribution in [3.05, 3.63) is 94.3 Å². The molecule has 2 atom stereocenters. The van der Waals surface area contributed by atoms with Gasteiger partial charge in [0.05, 0.1) is 12.1 Å². The van der Waals surface area contributed by atoms with Crippen molar-refractivity contribution in [3.8, 4) is 0 Å². The smallest absolute Gasteiger partial charge is 0.237 e. The van der Waals surface area contributed by atoms with Gasteiger partial charge >= 0.3 is 0 Å². The number of thiophene rings is 1. The third-order valence-corrected chi connectivity index (χ3v) is 6.05. The number of aromatic nitrogens is 1. The maximum Gasteiger partial charge on any atom is 0.237 e. The fourth-order valence-corrected chi connectivity index (χ4v) is 4.21. The van der Waals surface area contributed by atoms with Crippen LogP contribution in [0.2, 0.25) is 0 Å². The van der Waals surface area contributed by atoms with Gasteiger partial charge in [0.2, 0.25) is 5.91 Å². The van der Waals surface area contributed by atoms with Crippen LogP contribution in [0.5, 0.6) is 0 Å². The van der Waals surface area contributed by atoms with E-state index in [1.807, 2.05) is 61.7 Å². The Morgan fingerprint density at radius 3 is 2.62 bits per heavy atom. The topological polar surface area (TPSA) is 56.9 Å². The number of hydrogen-bond donors (Lipinski definition) is 3. The molecule has 0 aliphatic carbocycles. The molecule has 3 N–H and O–H groups in total. The first-order valence-electron chi connectivity index (χ1n) is 9.87. The van der Waals surface area contributed by atoms with Crippen molar-refractivity contribution < 1.29 is 4.79 Å². The van der Waals surface area contributed by atoms with Gasteiger partial charge in [-0.25, -0.2) is 0 Å². The van der Waals surface area contributed by atoms with E-state index in [1.165, 1.54) is 10.3 Å². The highest BCUT2D eigenvalue weighted by Crippen LogP contribution is 2.20. The number of carbonyl (C=O) groups excluding carboxylic acids is 1. The summed E-state index contributed by atoms with van der Waals surface area (Å²) in [5.41, 5.74) is 3.34. The maximum absolute atomic E-state index is 13.2. The molecule has 4 rings (SSSR count). The van der Waals surface area contributed by atoms with E-state index in [1.54, 1.807) is 11.3 Å². The lowest BCUT2D eigenvalue weighted by Gasteiger charge is -2.21. The molecule has 4 aromatic rings. The lowest BCUT2D eigenvalue weighted by Crippen LogP contribution is -2.46. The van der Waals surface area contributed by atoms with Crippen molar-refractivity contribution in [2.24, 2.45) is 0 Å². The van der Waals surface area contributed by atoms with Gasteiger partial charge in [-0.15, -0.1) is 11.3 Å². The normalized spacial score (nSPS) is 13.3. The molecule has 5 heteroatoms. The minimum atomic E-state index is -0.317. The molecule has 2 aromatic heterocycles. The van der Waals surface area contributed by atoms with Gasteiger partial charge in [0.15, 0.2) is 0 Å². The van der Waals surface area contributed by atoms with Crippen molar-refractivity contribution in [3.63, 3.8) is 0 Å². The van der Waals surface area contributed by atoms with Gasteiger partial charge in [-0.1, -0.05) is 54.6 Å². The van der Waals surface area contributed by atoms with Crippen LogP contribution in [-0.2, 0) is 17.8 Å². The van der Waals surface area contributed by atoms with Gasteiger partial charge in [0.25, 0.3) is 0 Å². The van der Waals surface area contributed by atoms with E-state index in [2.05, 4.69) is 39.2 Å². The molecular weight excluding hydrogens is 378 g/mol. The van der Waals surface area contributed by atoms with Crippen molar-refractivity contribution >= 4 is 28.1 Å². The standard InChI is InChI=1S/C24H25N3OS/c1-17(18-8-3-2-4-9-18)27-24(28)23(26-16-20-10-7-13-29-20)14-19-15-25-22-12-6-5-11-21(19)22/h2-13,15,17,23,25-26H,14,16H2,1H3,(H,27,28). The SMILES string of the molecule is CC(NC(=O)C(Cc1c[nH]c2ccccc12)NCc1cccs1)c1ccccc1. The number of carbonyl (C=O) groups is 1. The van der Waals surface area contributed by atoms with Gasteiger partial charge in [-0.05, 0) is 42.0 Å². The molecule has 2 unspecified atom stereocenters. The van der Waals surface area contributed by atoms with Crippen LogP contribution >= 0.6 is 11.3 Å². The molecule has 1 amide bonds. The Balaban J connectivity index is 1.51. The van der Waals surface area contributed by atoms with Gasteiger partial charge in [-0.2, -0.15) is 0 Å².